The molecule has 116 valence electrons. The first kappa shape index (κ1) is 15.3. The quantitative estimate of drug-likeness (QED) is 0.700. The van der Waals surface area contributed by atoms with Crippen molar-refractivity contribution < 1.29 is 0 Å². The summed E-state index contributed by atoms with van der Waals surface area (Å²) in [7, 11) is 0. The third-order valence-corrected chi connectivity index (χ3v) is 3.81. The van der Waals surface area contributed by atoms with E-state index in [1.807, 2.05) is 30.7 Å². The molecule has 3 heteroatoms. The molecule has 0 amide bonds. The van der Waals surface area contributed by atoms with Crippen molar-refractivity contribution in [3.05, 3.63) is 66.4 Å². The summed E-state index contributed by atoms with van der Waals surface area (Å²) in [5, 5.41) is 0. The van der Waals surface area contributed by atoms with E-state index in [4.69, 9.17) is 0 Å². The average Bonchev–Trinajstić information content (AvgIpc) is 2.56. The molecule has 23 heavy (non-hydrogen) atoms. The van der Waals surface area contributed by atoms with E-state index < -0.39 is 0 Å². The van der Waals surface area contributed by atoms with Crippen LogP contribution in [-0.4, -0.2) is 15.0 Å². The zero-order valence-electron chi connectivity index (χ0n) is 13.8. The maximum atomic E-state index is 4.60. The molecular weight excluding hydrogens is 282 g/mol. The lowest BCUT2D eigenvalue weighted by atomic mass is 10.0. The maximum Gasteiger partial charge on any atom is 0.128 e. The molecule has 0 saturated heterocycles. The highest BCUT2D eigenvalue weighted by Crippen LogP contribution is 2.24. The van der Waals surface area contributed by atoms with E-state index in [1.165, 1.54) is 11.1 Å². The summed E-state index contributed by atoms with van der Waals surface area (Å²) in [5.41, 5.74) is 5.43. The van der Waals surface area contributed by atoms with Crippen LogP contribution in [0.25, 0.3) is 22.4 Å². The number of benzene rings is 1. The van der Waals surface area contributed by atoms with Crippen LogP contribution in [0, 0.1) is 12.8 Å². The van der Waals surface area contributed by atoms with Crippen LogP contribution in [0.2, 0.25) is 0 Å². The van der Waals surface area contributed by atoms with Gasteiger partial charge in [0.1, 0.15) is 5.82 Å². The zero-order chi connectivity index (χ0) is 16.2. The van der Waals surface area contributed by atoms with Crippen LogP contribution in [0.15, 0.2) is 55.0 Å². The highest BCUT2D eigenvalue weighted by atomic mass is 14.9. The number of hydrogen-bond donors (Lipinski definition) is 0. The Hall–Kier alpha value is -2.55. The standard InChI is InChI=1S/C20H21N3/c1-14(2)10-20-22-12-17(13-23-20)16-8-9-19(21-11-16)18-7-5-4-6-15(18)3/h4-9,11-14H,10H2,1-3H3. The number of rotatable bonds is 4. The molecule has 0 N–H and O–H groups in total. The number of pyridine rings is 1. The number of aryl methyl sites for hydroxylation is 1. The fourth-order valence-electron chi connectivity index (χ4n) is 2.56. The van der Waals surface area contributed by atoms with Crippen molar-refractivity contribution in [1.29, 1.82) is 0 Å². The molecule has 0 saturated carbocycles. The molecule has 2 aromatic heterocycles. The van der Waals surface area contributed by atoms with Gasteiger partial charge < -0.3 is 0 Å². The molecule has 0 aliphatic carbocycles. The molecule has 3 rings (SSSR count). The second kappa shape index (κ2) is 6.69. The Morgan fingerprint density at radius 3 is 2.13 bits per heavy atom. The van der Waals surface area contributed by atoms with Gasteiger partial charge in [-0.2, -0.15) is 0 Å². The molecule has 0 unspecified atom stereocenters. The van der Waals surface area contributed by atoms with Gasteiger partial charge in [-0.15, -0.1) is 0 Å². The Morgan fingerprint density at radius 2 is 1.52 bits per heavy atom. The molecule has 0 aliphatic rings. The summed E-state index contributed by atoms with van der Waals surface area (Å²) >= 11 is 0. The van der Waals surface area contributed by atoms with Crippen LogP contribution in [0.1, 0.15) is 25.2 Å². The minimum atomic E-state index is 0.566. The molecule has 0 aliphatic heterocycles. The minimum absolute atomic E-state index is 0.566. The molecule has 0 radical (unpaired) electrons. The third kappa shape index (κ3) is 3.62. The predicted molar refractivity (Wildman–Crippen MR) is 94.0 cm³/mol. The first-order valence-corrected chi connectivity index (χ1v) is 7.97. The van der Waals surface area contributed by atoms with E-state index >= 15 is 0 Å². The number of hydrogen-bond acceptors (Lipinski definition) is 3. The second-order valence-electron chi connectivity index (χ2n) is 6.23. The fraction of sp³-hybridized carbons (Fsp3) is 0.250. The van der Waals surface area contributed by atoms with E-state index in [-0.39, 0.29) is 0 Å². The second-order valence-corrected chi connectivity index (χ2v) is 6.23. The van der Waals surface area contributed by atoms with Gasteiger partial charge in [0, 0.05) is 41.7 Å². The summed E-state index contributed by atoms with van der Waals surface area (Å²) in [5.74, 6) is 1.46. The van der Waals surface area contributed by atoms with Crippen LogP contribution in [0.3, 0.4) is 0 Å². The SMILES string of the molecule is Cc1ccccc1-c1ccc(-c2cnc(CC(C)C)nc2)cn1. The third-order valence-electron chi connectivity index (χ3n) is 3.81. The molecule has 3 nitrogen and oxygen atoms in total. The van der Waals surface area contributed by atoms with E-state index in [0.717, 1.165) is 29.1 Å². The topological polar surface area (TPSA) is 38.7 Å². The van der Waals surface area contributed by atoms with Gasteiger partial charge in [-0.1, -0.05) is 44.2 Å². The van der Waals surface area contributed by atoms with Crippen molar-refractivity contribution in [3.63, 3.8) is 0 Å². The van der Waals surface area contributed by atoms with Crippen molar-refractivity contribution in [3.8, 4) is 22.4 Å². The fourth-order valence-corrected chi connectivity index (χ4v) is 2.56. The van der Waals surface area contributed by atoms with Crippen molar-refractivity contribution in [1.82, 2.24) is 15.0 Å². The lowest BCUT2D eigenvalue weighted by molar-refractivity contribution is 0.620. The van der Waals surface area contributed by atoms with Gasteiger partial charge in [0.15, 0.2) is 0 Å². The Kier molecular flexibility index (Phi) is 4.47. The Labute approximate surface area is 137 Å². The smallest absolute Gasteiger partial charge is 0.128 e. The van der Waals surface area contributed by atoms with Gasteiger partial charge in [0.25, 0.3) is 0 Å². The summed E-state index contributed by atoms with van der Waals surface area (Å²) in [6, 6.07) is 12.4. The largest absolute Gasteiger partial charge is 0.256 e. The van der Waals surface area contributed by atoms with Gasteiger partial charge in [-0.3, -0.25) is 4.98 Å². The number of nitrogens with zero attached hydrogens (tertiary/aromatic N) is 3. The van der Waals surface area contributed by atoms with Crippen LogP contribution in [0.5, 0.6) is 0 Å². The molecule has 0 atom stereocenters. The van der Waals surface area contributed by atoms with Crippen LogP contribution in [-0.2, 0) is 6.42 Å². The first-order chi connectivity index (χ1) is 11.1. The van der Waals surface area contributed by atoms with Gasteiger partial charge >= 0.3 is 0 Å². The molecule has 2 heterocycles. The predicted octanol–water partition coefficient (Wildman–Crippen LogP) is 4.71. The first-order valence-electron chi connectivity index (χ1n) is 7.97. The molecule has 0 fully saturated rings. The van der Waals surface area contributed by atoms with Crippen LogP contribution < -0.4 is 0 Å². The summed E-state index contributed by atoms with van der Waals surface area (Å²) in [4.78, 5) is 13.5. The highest BCUT2D eigenvalue weighted by Gasteiger charge is 2.06. The van der Waals surface area contributed by atoms with Crippen LogP contribution in [0.4, 0.5) is 0 Å². The monoisotopic (exact) mass is 303 g/mol. The van der Waals surface area contributed by atoms with Crippen molar-refractivity contribution in [2.24, 2.45) is 5.92 Å². The maximum absolute atomic E-state index is 4.60. The van der Waals surface area contributed by atoms with Gasteiger partial charge in [0.05, 0.1) is 5.69 Å². The zero-order valence-corrected chi connectivity index (χ0v) is 13.8. The lowest BCUT2D eigenvalue weighted by Crippen LogP contribution is -2.00. The lowest BCUT2D eigenvalue weighted by Gasteiger charge is -2.07. The van der Waals surface area contributed by atoms with Crippen molar-refractivity contribution in [2.45, 2.75) is 27.2 Å². The van der Waals surface area contributed by atoms with E-state index in [1.54, 1.807) is 0 Å². The molecule has 0 bridgehead atoms. The van der Waals surface area contributed by atoms with Crippen molar-refractivity contribution in [2.75, 3.05) is 0 Å². The molecule has 1 aromatic carbocycles. The molecular formula is C20H21N3. The van der Waals surface area contributed by atoms with Gasteiger partial charge in [-0.05, 0) is 24.5 Å². The number of aromatic nitrogens is 3. The normalized spacial score (nSPS) is 11.0. The molecule has 3 aromatic rings. The van der Waals surface area contributed by atoms with Gasteiger partial charge in [0.2, 0.25) is 0 Å². The Morgan fingerprint density at radius 1 is 0.826 bits per heavy atom. The van der Waals surface area contributed by atoms with E-state index in [2.05, 4.69) is 60.0 Å². The Balaban J connectivity index is 1.83. The van der Waals surface area contributed by atoms with Gasteiger partial charge in [-0.25, -0.2) is 9.97 Å². The Bertz CT molecular complexity index is 775. The summed E-state index contributed by atoms with van der Waals surface area (Å²) < 4.78 is 0. The van der Waals surface area contributed by atoms with Crippen LogP contribution >= 0.6 is 0 Å². The highest BCUT2D eigenvalue weighted by molar-refractivity contribution is 5.67. The van der Waals surface area contributed by atoms with E-state index in [9.17, 15) is 0 Å². The molecule has 0 spiro atoms. The minimum Gasteiger partial charge on any atom is -0.256 e. The summed E-state index contributed by atoms with van der Waals surface area (Å²) in [6.07, 6.45) is 6.57. The van der Waals surface area contributed by atoms with Crippen molar-refractivity contribution >= 4 is 0 Å². The average molecular weight is 303 g/mol. The summed E-state index contributed by atoms with van der Waals surface area (Å²) in [6.45, 7) is 6.45. The van der Waals surface area contributed by atoms with E-state index in [0.29, 0.717) is 5.92 Å².